The Bertz CT molecular complexity index is 811. The minimum atomic E-state index is -0.660. The average Bonchev–Trinajstić information content (AvgIpc) is 2.57. The largest absolute Gasteiger partial charge is 0.452 e. The molecule has 2 aromatic carbocycles. The molecule has 25 heavy (non-hydrogen) atoms. The van der Waals surface area contributed by atoms with Gasteiger partial charge in [-0.25, -0.2) is 4.79 Å². The van der Waals surface area contributed by atoms with E-state index in [1.807, 2.05) is 26.0 Å². The van der Waals surface area contributed by atoms with Crippen molar-refractivity contribution in [2.24, 2.45) is 0 Å². The Balaban J connectivity index is 1.90. The van der Waals surface area contributed by atoms with Crippen molar-refractivity contribution in [1.82, 2.24) is 0 Å². The highest BCUT2D eigenvalue weighted by Gasteiger charge is 2.09. The molecule has 0 spiro atoms. The van der Waals surface area contributed by atoms with E-state index in [1.165, 1.54) is 12.2 Å². The molecule has 0 aromatic heterocycles. The van der Waals surface area contributed by atoms with Crippen LogP contribution in [0.1, 0.15) is 16.7 Å². The van der Waals surface area contributed by atoms with Crippen LogP contribution in [-0.2, 0) is 14.3 Å². The van der Waals surface area contributed by atoms with Gasteiger partial charge in [-0.1, -0.05) is 41.4 Å². The standard InChI is InChI=1S/C19H17Cl2NO3/c1-12-5-3-8-17(13(12)2)22-18(23)11-25-19(24)10-9-14-15(20)6-4-7-16(14)21/h3-10H,11H2,1-2H3,(H,22,23)/b10-9+. The molecule has 0 atom stereocenters. The number of aryl methyl sites for hydroxylation is 1. The van der Waals surface area contributed by atoms with Gasteiger partial charge in [0.15, 0.2) is 6.61 Å². The summed E-state index contributed by atoms with van der Waals surface area (Å²) in [4.78, 5) is 23.6. The molecule has 130 valence electrons. The van der Waals surface area contributed by atoms with Crippen molar-refractivity contribution < 1.29 is 14.3 Å². The van der Waals surface area contributed by atoms with E-state index in [1.54, 1.807) is 24.3 Å². The second-order valence-corrected chi connectivity index (χ2v) is 6.19. The topological polar surface area (TPSA) is 55.4 Å². The molecule has 1 N–H and O–H groups in total. The normalized spacial score (nSPS) is 10.7. The molecule has 0 aliphatic carbocycles. The molecule has 0 fully saturated rings. The third-order valence-electron chi connectivity index (χ3n) is 3.61. The van der Waals surface area contributed by atoms with E-state index in [4.69, 9.17) is 27.9 Å². The van der Waals surface area contributed by atoms with Gasteiger partial charge in [-0.2, -0.15) is 0 Å². The van der Waals surface area contributed by atoms with E-state index in [0.717, 1.165) is 11.1 Å². The predicted octanol–water partition coefficient (Wildman–Crippen LogP) is 4.81. The smallest absolute Gasteiger partial charge is 0.331 e. The number of esters is 1. The first-order valence-corrected chi connectivity index (χ1v) is 8.29. The molecule has 6 heteroatoms. The van der Waals surface area contributed by atoms with Crippen LogP contribution >= 0.6 is 23.2 Å². The fraction of sp³-hybridized carbons (Fsp3) is 0.158. The summed E-state index contributed by atoms with van der Waals surface area (Å²) in [6.45, 7) is 3.48. The Kier molecular flexibility index (Phi) is 6.62. The molecule has 0 saturated heterocycles. The molecular weight excluding hydrogens is 361 g/mol. The number of rotatable bonds is 5. The zero-order valence-electron chi connectivity index (χ0n) is 13.8. The highest BCUT2D eigenvalue weighted by atomic mass is 35.5. The van der Waals surface area contributed by atoms with Crippen LogP contribution in [-0.4, -0.2) is 18.5 Å². The lowest BCUT2D eigenvalue weighted by Gasteiger charge is -2.10. The van der Waals surface area contributed by atoms with E-state index in [-0.39, 0.29) is 6.61 Å². The van der Waals surface area contributed by atoms with Crippen LogP contribution in [0, 0.1) is 13.8 Å². The van der Waals surface area contributed by atoms with Crippen LogP contribution in [0.5, 0.6) is 0 Å². The summed E-state index contributed by atoms with van der Waals surface area (Å²) >= 11 is 12.0. The summed E-state index contributed by atoms with van der Waals surface area (Å²) in [6.07, 6.45) is 2.63. The van der Waals surface area contributed by atoms with Crippen LogP contribution in [0.3, 0.4) is 0 Å². The Morgan fingerprint density at radius 2 is 1.72 bits per heavy atom. The maximum atomic E-state index is 11.9. The summed E-state index contributed by atoms with van der Waals surface area (Å²) in [6, 6.07) is 10.6. The maximum Gasteiger partial charge on any atom is 0.331 e. The number of hydrogen-bond acceptors (Lipinski definition) is 3. The van der Waals surface area contributed by atoms with Crippen molar-refractivity contribution in [2.45, 2.75) is 13.8 Å². The van der Waals surface area contributed by atoms with Gasteiger partial charge in [0.05, 0.1) is 0 Å². The van der Waals surface area contributed by atoms with Crippen LogP contribution in [0.2, 0.25) is 10.0 Å². The van der Waals surface area contributed by atoms with E-state index in [2.05, 4.69) is 5.32 Å². The maximum absolute atomic E-state index is 11.9. The van der Waals surface area contributed by atoms with E-state index >= 15 is 0 Å². The minimum Gasteiger partial charge on any atom is -0.452 e. The van der Waals surface area contributed by atoms with Crippen molar-refractivity contribution in [2.75, 3.05) is 11.9 Å². The second-order valence-electron chi connectivity index (χ2n) is 5.37. The molecule has 0 heterocycles. The van der Waals surface area contributed by atoms with Gasteiger partial charge in [-0.3, -0.25) is 4.79 Å². The van der Waals surface area contributed by atoms with Crippen LogP contribution < -0.4 is 5.32 Å². The van der Waals surface area contributed by atoms with Gasteiger partial charge in [-0.05, 0) is 49.2 Å². The first-order chi connectivity index (χ1) is 11.9. The van der Waals surface area contributed by atoms with Gasteiger partial charge in [0, 0.05) is 27.4 Å². The first-order valence-electron chi connectivity index (χ1n) is 7.53. The first kappa shape index (κ1) is 19.0. The van der Waals surface area contributed by atoms with Gasteiger partial charge in [0.2, 0.25) is 0 Å². The van der Waals surface area contributed by atoms with Gasteiger partial charge in [0.25, 0.3) is 5.91 Å². The predicted molar refractivity (Wildman–Crippen MR) is 101 cm³/mol. The van der Waals surface area contributed by atoms with Crippen LogP contribution in [0.25, 0.3) is 6.08 Å². The Morgan fingerprint density at radius 1 is 1.08 bits per heavy atom. The molecule has 0 bridgehead atoms. The molecule has 0 radical (unpaired) electrons. The lowest BCUT2D eigenvalue weighted by molar-refractivity contribution is -0.142. The number of carbonyl (C=O) groups excluding carboxylic acids is 2. The summed E-state index contributed by atoms with van der Waals surface area (Å²) in [5.74, 6) is -1.07. The molecule has 2 rings (SSSR count). The monoisotopic (exact) mass is 377 g/mol. The molecule has 0 aliphatic heterocycles. The van der Waals surface area contributed by atoms with Gasteiger partial charge in [-0.15, -0.1) is 0 Å². The zero-order chi connectivity index (χ0) is 18.4. The summed E-state index contributed by atoms with van der Waals surface area (Å²) in [5, 5.41) is 3.56. The van der Waals surface area contributed by atoms with Crippen LogP contribution in [0.4, 0.5) is 5.69 Å². The third kappa shape index (κ3) is 5.34. The average molecular weight is 378 g/mol. The number of hydrogen-bond donors (Lipinski definition) is 1. The van der Waals surface area contributed by atoms with E-state index < -0.39 is 11.9 Å². The molecule has 2 aromatic rings. The molecule has 0 aliphatic rings. The highest BCUT2D eigenvalue weighted by Crippen LogP contribution is 2.25. The third-order valence-corrected chi connectivity index (χ3v) is 4.27. The van der Waals surface area contributed by atoms with Gasteiger partial charge in [0.1, 0.15) is 0 Å². The lowest BCUT2D eigenvalue weighted by atomic mass is 10.1. The number of anilines is 1. The van der Waals surface area contributed by atoms with Crippen LogP contribution in [0.15, 0.2) is 42.5 Å². The highest BCUT2D eigenvalue weighted by molar-refractivity contribution is 6.37. The zero-order valence-corrected chi connectivity index (χ0v) is 15.3. The molecule has 0 saturated carbocycles. The van der Waals surface area contributed by atoms with Crippen molar-refractivity contribution in [3.63, 3.8) is 0 Å². The number of nitrogens with one attached hydrogen (secondary N) is 1. The summed E-state index contributed by atoms with van der Waals surface area (Å²) in [7, 11) is 0. The van der Waals surface area contributed by atoms with Crippen molar-refractivity contribution >= 4 is 46.8 Å². The Hall–Kier alpha value is -2.30. The molecule has 1 amide bonds. The molecule has 0 unspecified atom stereocenters. The lowest BCUT2D eigenvalue weighted by Crippen LogP contribution is -2.20. The molecular formula is C19H17Cl2NO3. The van der Waals surface area contributed by atoms with Crippen molar-refractivity contribution in [3.8, 4) is 0 Å². The van der Waals surface area contributed by atoms with Crippen molar-refractivity contribution in [3.05, 3.63) is 69.2 Å². The SMILES string of the molecule is Cc1cccc(NC(=O)COC(=O)/C=C/c2c(Cl)cccc2Cl)c1C. The fourth-order valence-corrected chi connectivity index (χ4v) is 2.60. The number of amides is 1. The van der Waals surface area contributed by atoms with Crippen molar-refractivity contribution in [1.29, 1.82) is 0 Å². The summed E-state index contributed by atoms with van der Waals surface area (Å²) < 4.78 is 4.92. The Morgan fingerprint density at radius 3 is 2.40 bits per heavy atom. The molecule has 4 nitrogen and oxygen atoms in total. The van der Waals surface area contributed by atoms with E-state index in [0.29, 0.717) is 21.3 Å². The number of benzene rings is 2. The number of ether oxygens (including phenoxy) is 1. The number of halogens is 2. The fourth-order valence-electron chi connectivity index (χ4n) is 2.08. The number of carbonyl (C=O) groups is 2. The van der Waals surface area contributed by atoms with Gasteiger partial charge < -0.3 is 10.1 Å². The van der Waals surface area contributed by atoms with E-state index in [9.17, 15) is 9.59 Å². The van der Waals surface area contributed by atoms with Gasteiger partial charge >= 0.3 is 5.97 Å². The second kappa shape index (κ2) is 8.70. The Labute approximate surface area is 156 Å². The summed E-state index contributed by atoms with van der Waals surface area (Å²) in [5.41, 5.74) is 3.24. The quantitative estimate of drug-likeness (QED) is 0.600. The minimum absolute atomic E-state index is 0.382.